The Hall–Kier alpha value is -0.790. The van der Waals surface area contributed by atoms with E-state index in [9.17, 15) is 4.79 Å². The van der Waals surface area contributed by atoms with Gasteiger partial charge in [0.05, 0.1) is 0 Å². The van der Waals surface area contributed by atoms with Crippen LogP contribution in [-0.4, -0.2) is 12.5 Å². The zero-order valence-corrected chi connectivity index (χ0v) is 13.6. The van der Waals surface area contributed by atoms with Crippen LogP contribution in [0.3, 0.4) is 0 Å². The van der Waals surface area contributed by atoms with Gasteiger partial charge in [0.15, 0.2) is 0 Å². The average Bonchev–Trinajstić information content (AvgIpc) is 2.45. The van der Waals surface area contributed by atoms with E-state index in [1.54, 1.807) is 0 Å². The zero-order chi connectivity index (χ0) is 14.9. The Morgan fingerprint density at radius 3 is 2.20 bits per heavy atom. The quantitative estimate of drug-likeness (QED) is 0.317. The van der Waals surface area contributed by atoms with Gasteiger partial charge in [0, 0.05) is 13.0 Å². The van der Waals surface area contributed by atoms with Crippen molar-refractivity contribution in [3.63, 3.8) is 0 Å². The molecule has 0 heterocycles. The summed E-state index contributed by atoms with van der Waals surface area (Å²) in [6.07, 6.45) is 17.5. The molecule has 0 rings (SSSR count). The monoisotopic (exact) mass is 281 g/mol. The first kappa shape index (κ1) is 19.2. The second kappa shape index (κ2) is 16.3. The Labute approximate surface area is 126 Å². The maximum absolute atomic E-state index is 11.6. The lowest BCUT2D eigenvalue weighted by Crippen LogP contribution is -2.23. The molecule has 0 atom stereocenters. The van der Waals surface area contributed by atoms with Gasteiger partial charge in [0.2, 0.25) is 5.91 Å². The van der Waals surface area contributed by atoms with Crippen molar-refractivity contribution in [3.8, 4) is 0 Å². The maximum Gasteiger partial charge on any atom is 0.219 e. The van der Waals surface area contributed by atoms with Crippen LogP contribution < -0.4 is 5.32 Å². The SMILES string of the molecule is C=CCCCCCCCC(=O)NCCCCCCCC. The first-order valence-corrected chi connectivity index (χ1v) is 8.68. The van der Waals surface area contributed by atoms with E-state index in [2.05, 4.69) is 18.8 Å². The summed E-state index contributed by atoms with van der Waals surface area (Å²) in [7, 11) is 0. The Bertz CT molecular complexity index is 225. The Morgan fingerprint density at radius 2 is 1.50 bits per heavy atom. The van der Waals surface area contributed by atoms with E-state index in [0.29, 0.717) is 6.42 Å². The maximum atomic E-state index is 11.6. The van der Waals surface area contributed by atoms with Crippen molar-refractivity contribution in [1.29, 1.82) is 0 Å². The third-order valence-electron chi connectivity index (χ3n) is 3.66. The fourth-order valence-corrected chi connectivity index (χ4v) is 2.33. The molecule has 0 spiro atoms. The van der Waals surface area contributed by atoms with Crippen LogP contribution in [0.5, 0.6) is 0 Å². The number of nitrogens with one attached hydrogen (secondary N) is 1. The van der Waals surface area contributed by atoms with E-state index in [4.69, 9.17) is 0 Å². The number of hydrogen-bond acceptors (Lipinski definition) is 1. The van der Waals surface area contributed by atoms with Gasteiger partial charge in [-0.2, -0.15) is 0 Å². The smallest absolute Gasteiger partial charge is 0.219 e. The van der Waals surface area contributed by atoms with Gasteiger partial charge in [0.25, 0.3) is 0 Å². The van der Waals surface area contributed by atoms with Crippen LogP contribution in [0.4, 0.5) is 0 Å². The van der Waals surface area contributed by atoms with E-state index in [0.717, 1.165) is 25.8 Å². The van der Waals surface area contributed by atoms with E-state index in [1.165, 1.54) is 57.8 Å². The molecule has 0 aliphatic carbocycles. The van der Waals surface area contributed by atoms with Gasteiger partial charge < -0.3 is 5.32 Å². The molecule has 0 unspecified atom stereocenters. The summed E-state index contributed by atoms with van der Waals surface area (Å²) in [4.78, 5) is 11.6. The van der Waals surface area contributed by atoms with Crippen LogP contribution in [0, 0.1) is 0 Å². The molecule has 0 aromatic rings. The molecule has 0 fully saturated rings. The van der Waals surface area contributed by atoms with Crippen molar-refractivity contribution in [2.45, 2.75) is 90.4 Å². The summed E-state index contributed by atoms with van der Waals surface area (Å²) in [6, 6.07) is 0. The predicted molar refractivity (Wildman–Crippen MR) is 88.9 cm³/mol. The first-order valence-electron chi connectivity index (χ1n) is 8.68. The summed E-state index contributed by atoms with van der Waals surface area (Å²) in [5.74, 6) is 0.240. The molecule has 0 aromatic heterocycles. The first-order chi connectivity index (χ1) is 9.81. The number of hydrogen-bond donors (Lipinski definition) is 1. The lowest BCUT2D eigenvalue weighted by molar-refractivity contribution is -0.121. The van der Waals surface area contributed by atoms with Crippen molar-refractivity contribution in [2.24, 2.45) is 0 Å². The fraction of sp³-hybridized carbons (Fsp3) is 0.833. The largest absolute Gasteiger partial charge is 0.356 e. The molecule has 0 aromatic carbocycles. The van der Waals surface area contributed by atoms with Gasteiger partial charge in [0.1, 0.15) is 0 Å². The molecule has 1 amide bonds. The molecule has 2 heteroatoms. The second-order valence-corrected chi connectivity index (χ2v) is 5.71. The number of carbonyl (C=O) groups excluding carboxylic acids is 1. The molecule has 0 saturated heterocycles. The van der Waals surface area contributed by atoms with Gasteiger partial charge in [-0.05, 0) is 25.7 Å². The van der Waals surface area contributed by atoms with Crippen molar-refractivity contribution in [3.05, 3.63) is 12.7 Å². The van der Waals surface area contributed by atoms with Crippen molar-refractivity contribution in [2.75, 3.05) is 6.54 Å². The third-order valence-corrected chi connectivity index (χ3v) is 3.66. The lowest BCUT2D eigenvalue weighted by atomic mass is 10.1. The molecular formula is C18H35NO. The molecule has 118 valence electrons. The molecule has 0 bridgehead atoms. The van der Waals surface area contributed by atoms with Crippen molar-refractivity contribution in [1.82, 2.24) is 5.32 Å². The third kappa shape index (κ3) is 15.3. The minimum Gasteiger partial charge on any atom is -0.356 e. The summed E-state index contributed by atoms with van der Waals surface area (Å²) in [5.41, 5.74) is 0. The minimum absolute atomic E-state index is 0.240. The highest BCUT2D eigenvalue weighted by Crippen LogP contribution is 2.07. The van der Waals surface area contributed by atoms with Gasteiger partial charge in [-0.25, -0.2) is 0 Å². The number of amides is 1. The van der Waals surface area contributed by atoms with E-state index >= 15 is 0 Å². The van der Waals surface area contributed by atoms with Gasteiger partial charge in [-0.1, -0.05) is 64.4 Å². The van der Waals surface area contributed by atoms with Gasteiger partial charge in [-0.3, -0.25) is 4.79 Å². The van der Waals surface area contributed by atoms with Gasteiger partial charge in [-0.15, -0.1) is 6.58 Å². The molecule has 20 heavy (non-hydrogen) atoms. The number of allylic oxidation sites excluding steroid dienone is 1. The summed E-state index contributed by atoms with van der Waals surface area (Å²) < 4.78 is 0. The van der Waals surface area contributed by atoms with E-state index in [1.807, 2.05) is 6.08 Å². The average molecular weight is 281 g/mol. The van der Waals surface area contributed by atoms with E-state index < -0.39 is 0 Å². The molecule has 0 aliphatic heterocycles. The Kier molecular flexibility index (Phi) is 15.6. The van der Waals surface area contributed by atoms with Gasteiger partial charge >= 0.3 is 0 Å². The molecule has 0 saturated carbocycles. The Morgan fingerprint density at radius 1 is 0.900 bits per heavy atom. The lowest BCUT2D eigenvalue weighted by Gasteiger charge is -2.05. The van der Waals surface area contributed by atoms with E-state index in [-0.39, 0.29) is 5.91 Å². The molecular weight excluding hydrogens is 246 g/mol. The van der Waals surface area contributed by atoms with Crippen LogP contribution in [0.2, 0.25) is 0 Å². The topological polar surface area (TPSA) is 29.1 Å². The minimum atomic E-state index is 0.240. The molecule has 0 aliphatic rings. The fourth-order valence-electron chi connectivity index (χ4n) is 2.33. The summed E-state index contributed by atoms with van der Waals surface area (Å²) >= 11 is 0. The van der Waals surface area contributed by atoms with Crippen LogP contribution in [0.25, 0.3) is 0 Å². The summed E-state index contributed by atoms with van der Waals surface area (Å²) in [5, 5.41) is 3.03. The number of unbranched alkanes of at least 4 members (excludes halogenated alkanes) is 10. The normalized spacial score (nSPS) is 10.4. The standard InChI is InChI=1S/C18H35NO/c1-3-5-7-9-11-12-14-16-18(20)19-17-15-13-10-8-6-4-2/h3H,1,4-17H2,2H3,(H,19,20). The Balaban J connectivity index is 3.14. The summed E-state index contributed by atoms with van der Waals surface area (Å²) in [6.45, 7) is 6.82. The highest BCUT2D eigenvalue weighted by Gasteiger charge is 2.00. The van der Waals surface area contributed by atoms with Crippen LogP contribution >= 0.6 is 0 Å². The molecule has 0 radical (unpaired) electrons. The zero-order valence-electron chi connectivity index (χ0n) is 13.6. The van der Waals surface area contributed by atoms with Crippen LogP contribution in [0.15, 0.2) is 12.7 Å². The molecule has 2 nitrogen and oxygen atoms in total. The highest BCUT2D eigenvalue weighted by atomic mass is 16.1. The van der Waals surface area contributed by atoms with Crippen molar-refractivity contribution < 1.29 is 4.79 Å². The molecule has 1 N–H and O–H groups in total. The van der Waals surface area contributed by atoms with Crippen molar-refractivity contribution >= 4 is 5.91 Å². The highest BCUT2D eigenvalue weighted by molar-refractivity contribution is 5.75. The number of carbonyl (C=O) groups is 1. The predicted octanol–water partition coefficient (Wildman–Crippen LogP) is 5.38. The van der Waals surface area contributed by atoms with Crippen LogP contribution in [-0.2, 0) is 4.79 Å². The van der Waals surface area contributed by atoms with Crippen LogP contribution in [0.1, 0.15) is 90.4 Å². The number of rotatable bonds is 15. The second-order valence-electron chi connectivity index (χ2n) is 5.71.